The smallest absolute Gasteiger partial charge is 0.407 e. The van der Waals surface area contributed by atoms with Crippen molar-refractivity contribution in [1.82, 2.24) is 10.2 Å². The molecule has 3 N–H and O–H groups in total. The first kappa shape index (κ1) is 24.2. The van der Waals surface area contributed by atoms with Crippen molar-refractivity contribution in [2.75, 3.05) is 20.2 Å². The molecule has 0 atom stereocenters. The molecule has 178 valence electrons. The monoisotopic (exact) mass is 446 g/mol. The van der Waals surface area contributed by atoms with Crippen LogP contribution >= 0.6 is 0 Å². The van der Waals surface area contributed by atoms with E-state index in [0.29, 0.717) is 38.2 Å². The van der Waals surface area contributed by atoms with Gasteiger partial charge in [0.2, 0.25) is 5.91 Å². The molecule has 2 amide bonds. The Balaban J connectivity index is 1.92. The molecule has 1 aliphatic heterocycles. The molecule has 2 aliphatic rings. The molecule has 2 fully saturated rings. The van der Waals surface area contributed by atoms with Gasteiger partial charge < -0.3 is 25.2 Å². The Morgan fingerprint density at radius 2 is 1.72 bits per heavy atom. The molecule has 1 saturated heterocycles. The van der Waals surface area contributed by atoms with Crippen LogP contribution in [0.15, 0.2) is 18.2 Å². The number of nitrogens with zero attached hydrogens (tertiary/aromatic N) is 1. The zero-order valence-electron chi connectivity index (χ0n) is 19.9. The van der Waals surface area contributed by atoms with Crippen LogP contribution in [0.25, 0.3) is 0 Å². The number of carbonyl (C=O) groups excluding carboxylic acids is 1. The maximum Gasteiger partial charge on any atom is 0.407 e. The predicted octanol–water partition coefficient (Wildman–Crippen LogP) is 4.77. The van der Waals surface area contributed by atoms with Crippen molar-refractivity contribution in [3.8, 4) is 11.5 Å². The number of nitrogens with one attached hydrogen (secondary N) is 1. The second kappa shape index (κ2) is 9.20. The second-order valence-corrected chi connectivity index (χ2v) is 10.4. The highest BCUT2D eigenvalue weighted by molar-refractivity contribution is 5.84. The second-order valence-electron chi connectivity index (χ2n) is 10.4. The number of ether oxygens (including phenoxy) is 1. The van der Waals surface area contributed by atoms with E-state index in [0.717, 1.165) is 31.2 Å². The zero-order chi connectivity index (χ0) is 23.6. The van der Waals surface area contributed by atoms with Crippen LogP contribution in [0, 0.1) is 16.2 Å². The van der Waals surface area contributed by atoms with Gasteiger partial charge in [-0.15, -0.1) is 0 Å². The van der Waals surface area contributed by atoms with Gasteiger partial charge in [-0.3, -0.25) is 4.79 Å². The Morgan fingerprint density at radius 1 is 1.09 bits per heavy atom. The Kier molecular flexibility index (Phi) is 6.96. The average molecular weight is 447 g/mol. The minimum Gasteiger partial charge on any atom is -0.504 e. The summed E-state index contributed by atoms with van der Waals surface area (Å²) >= 11 is 0. The van der Waals surface area contributed by atoms with E-state index in [-0.39, 0.29) is 22.5 Å². The largest absolute Gasteiger partial charge is 0.504 e. The highest BCUT2D eigenvalue weighted by atomic mass is 16.5. The molecule has 7 nitrogen and oxygen atoms in total. The third kappa shape index (κ3) is 4.26. The van der Waals surface area contributed by atoms with Gasteiger partial charge >= 0.3 is 6.09 Å². The quantitative estimate of drug-likeness (QED) is 0.605. The molecule has 32 heavy (non-hydrogen) atoms. The van der Waals surface area contributed by atoms with Gasteiger partial charge in [0.05, 0.1) is 12.5 Å². The van der Waals surface area contributed by atoms with Crippen LogP contribution < -0.4 is 10.1 Å². The first-order valence-electron chi connectivity index (χ1n) is 11.7. The summed E-state index contributed by atoms with van der Waals surface area (Å²) in [5, 5.41) is 22.5. The molecule has 1 aromatic rings. The summed E-state index contributed by atoms with van der Waals surface area (Å²) in [7, 11) is 1.50. The number of likely N-dealkylation sites (tertiary alicyclic amines) is 1. The number of hydrogen-bond acceptors (Lipinski definition) is 4. The van der Waals surface area contributed by atoms with E-state index in [4.69, 9.17) is 4.74 Å². The predicted molar refractivity (Wildman–Crippen MR) is 123 cm³/mol. The fraction of sp³-hybridized carbons (Fsp3) is 0.680. The van der Waals surface area contributed by atoms with Crippen molar-refractivity contribution in [2.24, 2.45) is 16.2 Å². The van der Waals surface area contributed by atoms with Crippen LogP contribution in [0.1, 0.15) is 71.3 Å². The number of phenols is 1. The van der Waals surface area contributed by atoms with Crippen molar-refractivity contribution >= 4 is 12.0 Å². The summed E-state index contributed by atoms with van der Waals surface area (Å²) in [5.74, 6) is 0.458. The van der Waals surface area contributed by atoms with Gasteiger partial charge in [-0.1, -0.05) is 46.1 Å². The molecule has 0 spiro atoms. The number of piperidine rings is 1. The summed E-state index contributed by atoms with van der Waals surface area (Å²) in [4.78, 5) is 27.0. The normalized spacial score (nSPS) is 20.4. The standard InChI is InChI=1S/C25H38N2O5/c1-23(2,3)25(10-6-5-7-11-25)24(12-14-27(15-13-24)22(30)31)21(29)26-17-18-8-9-19(28)20(16-18)32-4/h8-9,16,28H,5-7,10-15,17H2,1-4H3,(H,26,29)(H,30,31). The Labute approximate surface area is 191 Å². The maximum absolute atomic E-state index is 14.0. The lowest BCUT2D eigenvalue weighted by molar-refractivity contribution is -0.163. The highest BCUT2D eigenvalue weighted by Gasteiger charge is 2.61. The lowest BCUT2D eigenvalue weighted by Crippen LogP contribution is -2.62. The third-order valence-corrected chi connectivity index (χ3v) is 8.08. The van der Waals surface area contributed by atoms with Crippen LogP contribution in [0.4, 0.5) is 4.79 Å². The van der Waals surface area contributed by atoms with Crippen LogP contribution in [-0.2, 0) is 11.3 Å². The Hall–Kier alpha value is -2.44. The van der Waals surface area contributed by atoms with Crippen LogP contribution in [0.2, 0.25) is 0 Å². The molecule has 1 saturated carbocycles. The zero-order valence-corrected chi connectivity index (χ0v) is 19.9. The van der Waals surface area contributed by atoms with Gasteiger partial charge in [0.15, 0.2) is 11.5 Å². The molecule has 1 aliphatic carbocycles. The summed E-state index contributed by atoms with van der Waals surface area (Å²) in [5.41, 5.74) is -0.0320. The summed E-state index contributed by atoms with van der Waals surface area (Å²) in [6.45, 7) is 7.81. The van der Waals surface area contributed by atoms with Crippen molar-refractivity contribution in [2.45, 2.75) is 72.3 Å². The molecule has 3 rings (SSSR count). The van der Waals surface area contributed by atoms with Gasteiger partial charge in [-0.2, -0.15) is 0 Å². The van der Waals surface area contributed by atoms with Crippen LogP contribution in [0.5, 0.6) is 11.5 Å². The van der Waals surface area contributed by atoms with E-state index in [9.17, 15) is 19.8 Å². The fourth-order valence-corrected chi connectivity index (χ4v) is 6.29. The minimum absolute atomic E-state index is 0.0198. The molecular weight excluding hydrogens is 408 g/mol. The van der Waals surface area contributed by atoms with Crippen LogP contribution in [-0.4, -0.2) is 47.3 Å². The van der Waals surface area contributed by atoms with Gasteiger partial charge in [0.1, 0.15) is 0 Å². The third-order valence-electron chi connectivity index (χ3n) is 8.08. The maximum atomic E-state index is 14.0. The number of rotatable bonds is 5. The topological polar surface area (TPSA) is 99.1 Å². The molecule has 1 aromatic carbocycles. The fourth-order valence-electron chi connectivity index (χ4n) is 6.29. The number of phenolic OH excluding ortho intramolecular Hbond substituents is 1. The summed E-state index contributed by atoms with van der Waals surface area (Å²) in [6.07, 6.45) is 5.54. The van der Waals surface area contributed by atoms with E-state index in [1.807, 2.05) is 0 Å². The van der Waals surface area contributed by atoms with Crippen LogP contribution in [0.3, 0.4) is 0 Å². The van der Waals surface area contributed by atoms with E-state index < -0.39 is 11.5 Å². The summed E-state index contributed by atoms with van der Waals surface area (Å²) < 4.78 is 5.19. The summed E-state index contributed by atoms with van der Waals surface area (Å²) in [6, 6.07) is 5.08. The number of methoxy groups -OCH3 is 1. The average Bonchev–Trinajstić information content (AvgIpc) is 2.78. The highest BCUT2D eigenvalue weighted by Crippen LogP contribution is 2.63. The Bertz CT molecular complexity index is 831. The van der Waals surface area contributed by atoms with E-state index in [2.05, 4.69) is 26.1 Å². The van der Waals surface area contributed by atoms with Crippen molar-refractivity contribution in [3.63, 3.8) is 0 Å². The van der Waals surface area contributed by atoms with Gasteiger partial charge in [-0.05, 0) is 54.2 Å². The van der Waals surface area contributed by atoms with Gasteiger partial charge in [0.25, 0.3) is 0 Å². The lowest BCUT2D eigenvalue weighted by Gasteiger charge is -2.60. The minimum atomic E-state index is -0.913. The molecule has 0 unspecified atom stereocenters. The Morgan fingerprint density at radius 3 is 2.25 bits per heavy atom. The van der Waals surface area contributed by atoms with Crippen molar-refractivity contribution in [3.05, 3.63) is 23.8 Å². The lowest BCUT2D eigenvalue weighted by atomic mass is 9.44. The SMILES string of the molecule is COc1cc(CNC(=O)C2(C3(C(C)(C)C)CCCCC3)CCN(C(=O)O)CC2)ccc1O. The number of aromatic hydroxyl groups is 1. The number of benzene rings is 1. The molecule has 0 radical (unpaired) electrons. The molecule has 0 aromatic heterocycles. The molecule has 7 heteroatoms. The number of hydrogen-bond donors (Lipinski definition) is 3. The first-order chi connectivity index (χ1) is 15.1. The van der Waals surface area contributed by atoms with Crippen molar-refractivity contribution < 1.29 is 24.5 Å². The van der Waals surface area contributed by atoms with E-state index >= 15 is 0 Å². The molecule has 0 bridgehead atoms. The molecule has 1 heterocycles. The number of carbonyl (C=O) groups is 2. The first-order valence-corrected chi connectivity index (χ1v) is 11.7. The van der Waals surface area contributed by atoms with E-state index in [1.165, 1.54) is 18.4 Å². The van der Waals surface area contributed by atoms with Gasteiger partial charge in [-0.25, -0.2) is 4.79 Å². The number of carboxylic acid groups (broad SMARTS) is 1. The number of amides is 2. The van der Waals surface area contributed by atoms with Gasteiger partial charge in [0, 0.05) is 19.6 Å². The molecular formula is C25H38N2O5. The van der Waals surface area contributed by atoms with E-state index in [1.54, 1.807) is 18.2 Å². The van der Waals surface area contributed by atoms with Crippen molar-refractivity contribution in [1.29, 1.82) is 0 Å².